The minimum Gasteiger partial charge on any atom is -0.387 e. The molecule has 1 saturated heterocycles. The Morgan fingerprint density at radius 1 is 1.04 bits per heavy atom. The van der Waals surface area contributed by atoms with Gasteiger partial charge in [0.05, 0.1) is 13.2 Å². The Morgan fingerprint density at radius 2 is 1.68 bits per heavy atom. The van der Waals surface area contributed by atoms with E-state index >= 15 is 0 Å². The molecule has 1 heterocycles. The smallest absolute Gasteiger partial charge is 0.319 e. The van der Waals surface area contributed by atoms with E-state index in [1.54, 1.807) is 54.6 Å². The number of hydrogen-bond donors (Lipinski definition) is 5. The van der Waals surface area contributed by atoms with Crippen LogP contribution in [0.1, 0.15) is 10.4 Å². The van der Waals surface area contributed by atoms with Gasteiger partial charge in [-0.05, 0) is 24.3 Å². The molecule has 0 bridgehead atoms. The van der Waals surface area contributed by atoms with Gasteiger partial charge < -0.3 is 30.9 Å². The lowest BCUT2D eigenvalue weighted by atomic mass is 9.96. The maximum absolute atomic E-state index is 12.1. The summed E-state index contributed by atoms with van der Waals surface area (Å²) in [4.78, 5) is 24.0. The number of anilines is 1. The van der Waals surface area contributed by atoms with Crippen LogP contribution in [-0.2, 0) is 4.74 Å². The van der Waals surface area contributed by atoms with E-state index in [4.69, 9.17) is 4.74 Å². The number of carbonyl (C=O) groups excluding carboxylic acids is 2. The van der Waals surface area contributed by atoms with Gasteiger partial charge in [-0.15, -0.1) is 0 Å². The Hall–Kier alpha value is -2.94. The van der Waals surface area contributed by atoms with Crippen molar-refractivity contribution >= 4 is 17.6 Å². The highest BCUT2D eigenvalue weighted by atomic mass is 16.5. The maximum Gasteiger partial charge on any atom is 0.319 e. The second kappa shape index (κ2) is 8.83. The molecule has 3 amide bonds. The van der Waals surface area contributed by atoms with E-state index in [-0.39, 0.29) is 25.6 Å². The molecule has 1 unspecified atom stereocenters. The van der Waals surface area contributed by atoms with Crippen LogP contribution in [0.25, 0.3) is 0 Å². The van der Waals surface area contributed by atoms with Gasteiger partial charge in [-0.2, -0.15) is 0 Å². The summed E-state index contributed by atoms with van der Waals surface area (Å²) in [6.07, 6.45) is -2.05. The Labute approximate surface area is 162 Å². The van der Waals surface area contributed by atoms with Gasteiger partial charge in [-0.1, -0.05) is 36.4 Å². The molecular weight excluding hydrogens is 362 g/mol. The minimum absolute atomic E-state index is 0.00871. The monoisotopic (exact) mass is 385 g/mol. The Balaban J connectivity index is 1.47. The van der Waals surface area contributed by atoms with Gasteiger partial charge in [0, 0.05) is 17.8 Å². The number of hydrogen-bond acceptors (Lipinski definition) is 5. The largest absolute Gasteiger partial charge is 0.387 e. The summed E-state index contributed by atoms with van der Waals surface area (Å²) in [6.45, 7) is -0.320. The molecule has 3 atom stereocenters. The molecule has 1 aliphatic rings. The molecule has 0 radical (unpaired) electrons. The highest BCUT2D eigenvalue weighted by molar-refractivity contribution is 5.94. The number of rotatable bonds is 6. The number of ether oxygens (including phenoxy) is 1. The number of para-hydroxylation sites is 1. The first-order chi connectivity index (χ1) is 13.5. The molecule has 0 aromatic heterocycles. The Kier molecular flexibility index (Phi) is 6.25. The van der Waals surface area contributed by atoms with E-state index in [2.05, 4.69) is 16.0 Å². The molecule has 1 aliphatic heterocycles. The summed E-state index contributed by atoms with van der Waals surface area (Å²) in [6, 6.07) is 17.0. The van der Waals surface area contributed by atoms with Crippen LogP contribution in [-0.4, -0.2) is 59.7 Å². The van der Waals surface area contributed by atoms with Crippen molar-refractivity contribution in [1.82, 2.24) is 10.6 Å². The van der Waals surface area contributed by atoms with Crippen molar-refractivity contribution in [3.63, 3.8) is 0 Å². The fraction of sp³-hybridized carbons (Fsp3) is 0.300. The number of amides is 3. The van der Waals surface area contributed by atoms with Crippen LogP contribution >= 0.6 is 0 Å². The first-order valence-electron chi connectivity index (χ1n) is 8.93. The summed E-state index contributed by atoms with van der Waals surface area (Å²) < 4.78 is 5.43. The third kappa shape index (κ3) is 4.86. The molecule has 148 valence electrons. The standard InChI is InChI=1S/C20H23N3O5/c24-17-16(11-21-19(26)23-15-9-5-2-6-10-15)28-13-20(17,27)12-22-18(25)14-7-3-1-4-8-14/h1-10,16-17,24,27H,11-13H2,(H,22,25)(H2,21,23,26)/t16?,17-,20+/m1/s1. The number of nitrogens with one attached hydrogen (secondary N) is 3. The zero-order valence-electron chi connectivity index (χ0n) is 15.2. The van der Waals surface area contributed by atoms with Gasteiger partial charge in [0.2, 0.25) is 0 Å². The molecule has 2 aromatic rings. The predicted octanol–water partition coefficient (Wildman–Crippen LogP) is 0.729. The molecule has 1 fully saturated rings. The number of urea groups is 1. The van der Waals surface area contributed by atoms with Crippen molar-refractivity contribution in [2.75, 3.05) is 25.0 Å². The van der Waals surface area contributed by atoms with Gasteiger partial charge in [0.15, 0.2) is 0 Å². The second-order valence-electron chi connectivity index (χ2n) is 6.65. The van der Waals surface area contributed by atoms with E-state index in [1.165, 1.54) is 0 Å². The molecule has 28 heavy (non-hydrogen) atoms. The average molecular weight is 385 g/mol. The zero-order valence-corrected chi connectivity index (χ0v) is 15.2. The van der Waals surface area contributed by atoms with Gasteiger partial charge in [-0.25, -0.2) is 4.79 Å². The van der Waals surface area contributed by atoms with Crippen LogP contribution < -0.4 is 16.0 Å². The third-order valence-corrected chi connectivity index (χ3v) is 4.54. The number of carbonyl (C=O) groups is 2. The summed E-state index contributed by atoms with van der Waals surface area (Å²) in [7, 11) is 0. The van der Waals surface area contributed by atoms with E-state index in [9.17, 15) is 19.8 Å². The fourth-order valence-electron chi connectivity index (χ4n) is 2.92. The molecular formula is C20H23N3O5. The molecule has 3 rings (SSSR count). The van der Waals surface area contributed by atoms with Crippen molar-refractivity contribution in [3.8, 4) is 0 Å². The fourth-order valence-corrected chi connectivity index (χ4v) is 2.92. The van der Waals surface area contributed by atoms with Crippen LogP contribution in [0.5, 0.6) is 0 Å². The van der Waals surface area contributed by atoms with Gasteiger partial charge in [0.1, 0.15) is 17.8 Å². The molecule has 2 aromatic carbocycles. The first-order valence-corrected chi connectivity index (χ1v) is 8.93. The summed E-state index contributed by atoms with van der Waals surface area (Å²) in [5, 5.41) is 28.9. The molecule has 5 N–H and O–H groups in total. The van der Waals surface area contributed by atoms with Crippen molar-refractivity contribution in [1.29, 1.82) is 0 Å². The third-order valence-electron chi connectivity index (χ3n) is 4.54. The van der Waals surface area contributed by atoms with Crippen LogP contribution in [0.15, 0.2) is 60.7 Å². The highest BCUT2D eigenvalue weighted by Crippen LogP contribution is 2.24. The van der Waals surface area contributed by atoms with E-state index in [1.807, 2.05) is 6.07 Å². The predicted molar refractivity (Wildman–Crippen MR) is 103 cm³/mol. The summed E-state index contributed by atoms with van der Waals surface area (Å²) in [5.41, 5.74) is -0.546. The zero-order chi connectivity index (χ0) is 20.0. The molecule has 8 heteroatoms. The molecule has 0 spiro atoms. The van der Waals surface area contributed by atoms with Gasteiger partial charge >= 0.3 is 6.03 Å². The molecule has 0 aliphatic carbocycles. The molecule has 0 saturated carbocycles. The minimum atomic E-state index is -1.63. The lowest BCUT2D eigenvalue weighted by Crippen LogP contribution is -2.53. The lowest BCUT2D eigenvalue weighted by Gasteiger charge is -2.26. The van der Waals surface area contributed by atoms with E-state index in [0.717, 1.165) is 0 Å². The van der Waals surface area contributed by atoms with Crippen molar-refractivity contribution in [2.45, 2.75) is 17.8 Å². The topological polar surface area (TPSA) is 120 Å². The van der Waals surface area contributed by atoms with Crippen molar-refractivity contribution in [3.05, 3.63) is 66.2 Å². The van der Waals surface area contributed by atoms with Gasteiger partial charge in [0.25, 0.3) is 5.91 Å². The van der Waals surface area contributed by atoms with E-state index < -0.39 is 23.8 Å². The van der Waals surface area contributed by atoms with Crippen molar-refractivity contribution < 1.29 is 24.5 Å². The van der Waals surface area contributed by atoms with Crippen LogP contribution in [0.2, 0.25) is 0 Å². The quantitative estimate of drug-likeness (QED) is 0.502. The van der Waals surface area contributed by atoms with Crippen LogP contribution in [0.3, 0.4) is 0 Å². The first kappa shape index (κ1) is 19.8. The van der Waals surface area contributed by atoms with E-state index in [0.29, 0.717) is 11.3 Å². The van der Waals surface area contributed by atoms with Crippen LogP contribution in [0, 0.1) is 0 Å². The second-order valence-corrected chi connectivity index (χ2v) is 6.65. The summed E-state index contributed by atoms with van der Waals surface area (Å²) in [5.74, 6) is -0.356. The highest BCUT2D eigenvalue weighted by Gasteiger charge is 2.48. The van der Waals surface area contributed by atoms with Crippen molar-refractivity contribution in [2.24, 2.45) is 0 Å². The molecule has 8 nitrogen and oxygen atoms in total. The number of aliphatic hydroxyl groups is 2. The van der Waals surface area contributed by atoms with Gasteiger partial charge in [-0.3, -0.25) is 4.79 Å². The Bertz CT molecular complexity index is 802. The Morgan fingerprint density at radius 3 is 2.36 bits per heavy atom. The average Bonchev–Trinajstić information content (AvgIpc) is 3.00. The SMILES string of the molecule is O=C(NCC1OC[C@@](O)(CNC(=O)c2ccccc2)[C@@H]1O)Nc1ccccc1. The normalized spacial score (nSPS) is 23.8. The van der Waals surface area contributed by atoms with Crippen LogP contribution in [0.4, 0.5) is 10.5 Å². The number of aliphatic hydroxyl groups excluding tert-OH is 1. The number of benzene rings is 2. The summed E-state index contributed by atoms with van der Waals surface area (Å²) >= 11 is 0. The maximum atomic E-state index is 12.1. The lowest BCUT2D eigenvalue weighted by molar-refractivity contribution is -0.0463.